The van der Waals surface area contributed by atoms with Gasteiger partial charge in [-0.25, -0.2) is 8.42 Å². The zero-order valence-electron chi connectivity index (χ0n) is 15.0. The molecule has 0 saturated carbocycles. The summed E-state index contributed by atoms with van der Waals surface area (Å²) in [6.07, 6.45) is -4.64. The standard InChI is InChI=1S/C17H15Cl2F3N2O4S/c1-9(24-29(26,27)15-8-11(18)4-6-14(15)28-2)16(25)23-13-7-10(17(20,21)22)3-5-12(13)19/h3-9,24H,1-2H3,(H,23,25)/t9-/m0/s1. The molecule has 0 bridgehead atoms. The predicted octanol–water partition coefficient (Wildman–Crippen LogP) is 4.33. The highest BCUT2D eigenvalue weighted by Crippen LogP contribution is 2.34. The minimum atomic E-state index is -4.64. The molecule has 12 heteroatoms. The Morgan fingerprint density at radius 2 is 1.79 bits per heavy atom. The number of anilines is 1. The van der Waals surface area contributed by atoms with Crippen molar-refractivity contribution in [3.63, 3.8) is 0 Å². The number of amides is 1. The largest absolute Gasteiger partial charge is 0.495 e. The van der Waals surface area contributed by atoms with Gasteiger partial charge in [-0.2, -0.15) is 17.9 Å². The third kappa shape index (κ3) is 5.75. The minimum Gasteiger partial charge on any atom is -0.495 e. The van der Waals surface area contributed by atoms with Gasteiger partial charge in [0.2, 0.25) is 15.9 Å². The van der Waals surface area contributed by atoms with Crippen LogP contribution in [0, 0.1) is 0 Å². The molecule has 1 amide bonds. The maximum Gasteiger partial charge on any atom is 0.416 e. The molecule has 29 heavy (non-hydrogen) atoms. The first kappa shape index (κ1) is 23.3. The van der Waals surface area contributed by atoms with Crippen molar-refractivity contribution < 1.29 is 31.1 Å². The molecular formula is C17H15Cl2F3N2O4S. The average Bonchev–Trinajstić information content (AvgIpc) is 2.62. The van der Waals surface area contributed by atoms with E-state index in [1.165, 1.54) is 26.2 Å². The fourth-order valence-corrected chi connectivity index (χ4v) is 4.05. The van der Waals surface area contributed by atoms with Crippen LogP contribution < -0.4 is 14.8 Å². The first-order chi connectivity index (χ1) is 13.3. The molecule has 6 nitrogen and oxygen atoms in total. The maximum absolute atomic E-state index is 12.8. The summed E-state index contributed by atoms with van der Waals surface area (Å²) in [6.45, 7) is 1.21. The van der Waals surface area contributed by atoms with Gasteiger partial charge in [-0.1, -0.05) is 23.2 Å². The van der Waals surface area contributed by atoms with Crippen molar-refractivity contribution in [3.8, 4) is 5.75 Å². The van der Waals surface area contributed by atoms with Gasteiger partial charge in [0.1, 0.15) is 10.6 Å². The number of hydrogen-bond donors (Lipinski definition) is 2. The summed E-state index contributed by atoms with van der Waals surface area (Å²) in [5.41, 5.74) is -1.33. The Bertz CT molecular complexity index is 1030. The van der Waals surface area contributed by atoms with Crippen molar-refractivity contribution in [2.45, 2.75) is 24.0 Å². The quantitative estimate of drug-likeness (QED) is 0.657. The summed E-state index contributed by atoms with van der Waals surface area (Å²) in [5.74, 6) is -0.925. The van der Waals surface area contributed by atoms with Crippen LogP contribution in [0.5, 0.6) is 5.75 Å². The van der Waals surface area contributed by atoms with Crippen molar-refractivity contribution in [2.75, 3.05) is 12.4 Å². The molecule has 2 N–H and O–H groups in total. The molecule has 2 rings (SSSR count). The fraction of sp³-hybridized carbons (Fsp3) is 0.235. The number of carbonyl (C=O) groups is 1. The van der Waals surface area contributed by atoms with Gasteiger partial charge in [-0.05, 0) is 43.3 Å². The van der Waals surface area contributed by atoms with E-state index in [4.69, 9.17) is 27.9 Å². The van der Waals surface area contributed by atoms with E-state index in [0.717, 1.165) is 18.2 Å². The Hall–Kier alpha value is -2.01. The topological polar surface area (TPSA) is 84.5 Å². The normalized spacial score (nSPS) is 13.1. The number of halogens is 5. The summed E-state index contributed by atoms with van der Waals surface area (Å²) in [7, 11) is -2.98. The van der Waals surface area contributed by atoms with Crippen LogP contribution in [0.4, 0.5) is 18.9 Å². The summed E-state index contributed by atoms with van der Waals surface area (Å²) in [5, 5.41) is 2.16. The summed E-state index contributed by atoms with van der Waals surface area (Å²) < 4.78 is 70.8. The summed E-state index contributed by atoms with van der Waals surface area (Å²) in [4.78, 5) is 12.0. The molecular weight excluding hydrogens is 456 g/mol. The SMILES string of the molecule is COc1ccc(Cl)cc1S(=O)(=O)N[C@@H](C)C(=O)Nc1cc(C(F)(F)F)ccc1Cl. The highest BCUT2D eigenvalue weighted by atomic mass is 35.5. The van der Waals surface area contributed by atoms with E-state index in [1.54, 1.807) is 0 Å². The maximum atomic E-state index is 12.8. The molecule has 0 saturated heterocycles. The number of ether oxygens (including phenoxy) is 1. The number of nitrogens with one attached hydrogen (secondary N) is 2. The van der Waals surface area contributed by atoms with E-state index in [9.17, 15) is 26.4 Å². The highest BCUT2D eigenvalue weighted by Gasteiger charge is 2.31. The highest BCUT2D eigenvalue weighted by molar-refractivity contribution is 7.89. The average molecular weight is 471 g/mol. The van der Waals surface area contributed by atoms with Crippen molar-refractivity contribution in [3.05, 3.63) is 52.0 Å². The van der Waals surface area contributed by atoms with Crippen LogP contribution >= 0.6 is 23.2 Å². The Morgan fingerprint density at radius 3 is 2.38 bits per heavy atom. The molecule has 0 aliphatic heterocycles. The number of methoxy groups -OCH3 is 1. The van der Waals surface area contributed by atoms with Gasteiger partial charge in [0.25, 0.3) is 0 Å². The second kappa shape index (κ2) is 8.78. The Morgan fingerprint density at radius 1 is 1.14 bits per heavy atom. The number of rotatable bonds is 6. The van der Waals surface area contributed by atoms with E-state index in [0.29, 0.717) is 6.07 Å². The van der Waals surface area contributed by atoms with Crippen LogP contribution in [0.15, 0.2) is 41.3 Å². The third-order valence-corrected chi connectivity index (χ3v) is 5.82. The lowest BCUT2D eigenvalue weighted by Gasteiger charge is -2.17. The van der Waals surface area contributed by atoms with E-state index >= 15 is 0 Å². The lowest BCUT2D eigenvalue weighted by Crippen LogP contribution is -2.41. The fourth-order valence-electron chi connectivity index (χ4n) is 2.25. The third-order valence-electron chi connectivity index (χ3n) is 3.69. The van der Waals surface area contributed by atoms with Crippen LogP contribution in [0.3, 0.4) is 0 Å². The van der Waals surface area contributed by atoms with Crippen LogP contribution in [0.1, 0.15) is 12.5 Å². The van der Waals surface area contributed by atoms with Crippen LogP contribution in [-0.4, -0.2) is 27.5 Å². The molecule has 0 fully saturated rings. The number of sulfonamides is 1. The van der Waals surface area contributed by atoms with Crippen LogP contribution in [-0.2, 0) is 21.0 Å². The monoisotopic (exact) mass is 470 g/mol. The predicted molar refractivity (Wildman–Crippen MR) is 103 cm³/mol. The van der Waals surface area contributed by atoms with Crippen molar-refractivity contribution >= 4 is 44.8 Å². The van der Waals surface area contributed by atoms with Crippen molar-refractivity contribution in [1.82, 2.24) is 4.72 Å². The van der Waals surface area contributed by atoms with Crippen molar-refractivity contribution in [2.24, 2.45) is 0 Å². The van der Waals surface area contributed by atoms with E-state index in [1.807, 2.05) is 0 Å². The molecule has 2 aromatic rings. The van der Waals surface area contributed by atoms with Gasteiger partial charge in [-0.15, -0.1) is 0 Å². The molecule has 2 aromatic carbocycles. The van der Waals surface area contributed by atoms with Crippen LogP contribution in [0.2, 0.25) is 10.0 Å². The van der Waals surface area contributed by atoms with E-state index < -0.39 is 33.7 Å². The molecule has 1 atom stereocenters. The Kier molecular flexibility index (Phi) is 7.05. The lowest BCUT2D eigenvalue weighted by molar-refractivity contribution is -0.137. The number of benzene rings is 2. The van der Waals surface area contributed by atoms with E-state index in [2.05, 4.69) is 10.0 Å². The first-order valence-electron chi connectivity index (χ1n) is 7.88. The molecule has 0 spiro atoms. The summed E-state index contributed by atoms with van der Waals surface area (Å²) in [6, 6.07) is 4.93. The first-order valence-corrected chi connectivity index (χ1v) is 10.1. The van der Waals surface area contributed by atoms with Gasteiger partial charge >= 0.3 is 6.18 Å². The Labute approximate surface area is 175 Å². The molecule has 0 aliphatic carbocycles. The number of hydrogen-bond acceptors (Lipinski definition) is 4. The zero-order valence-corrected chi connectivity index (χ0v) is 17.3. The van der Waals surface area contributed by atoms with Gasteiger partial charge in [0.05, 0.1) is 29.4 Å². The molecule has 0 heterocycles. The van der Waals surface area contributed by atoms with Crippen molar-refractivity contribution in [1.29, 1.82) is 0 Å². The smallest absolute Gasteiger partial charge is 0.416 e. The molecule has 0 aromatic heterocycles. The minimum absolute atomic E-state index is 0.00423. The van der Waals surface area contributed by atoms with Crippen LogP contribution in [0.25, 0.3) is 0 Å². The van der Waals surface area contributed by atoms with E-state index in [-0.39, 0.29) is 26.4 Å². The molecule has 158 valence electrons. The number of carbonyl (C=O) groups excluding carboxylic acids is 1. The Balaban J connectivity index is 2.23. The second-order valence-corrected chi connectivity index (χ2v) is 8.35. The lowest BCUT2D eigenvalue weighted by atomic mass is 10.2. The zero-order chi connectivity index (χ0) is 22.0. The van der Waals surface area contributed by atoms with Gasteiger partial charge < -0.3 is 10.1 Å². The molecule has 0 unspecified atom stereocenters. The molecule has 0 aliphatic rings. The summed E-state index contributed by atoms with van der Waals surface area (Å²) >= 11 is 11.7. The number of alkyl halides is 3. The van der Waals surface area contributed by atoms with Gasteiger partial charge in [0.15, 0.2) is 0 Å². The second-order valence-electron chi connectivity index (χ2n) is 5.82. The van der Waals surface area contributed by atoms with Gasteiger partial charge in [-0.3, -0.25) is 4.79 Å². The van der Waals surface area contributed by atoms with Gasteiger partial charge in [0, 0.05) is 5.02 Å². The molecule has 0 radical (unpaired) electrons.